The number of aryl methyl sites for hydroxylation is 2. The number of hydrogen-bond donors (Lipinski definition) is 2. The van der Waals surface area contributed by atoms with Gasteiger partial charge in [-0.1, -0.05) is 171 Å². The van der Waals surface area contributed by atoms with Gasteiger partial charge in [0, 0.05) is 0 Å². The maximum Gasteiger partial charge on any atom is 0.130 e. The van der Waals surface area contributed by atoms with Crippen molar-refractivity contribution in [2.45, 2.75) is 126 Å². The molecule has 0 radical (unpaired) electrons. The number of aromatic nitrogens is 4. The molecule has 0 saturated carbocycles. The second-order valence-corrected chi connectivity index (χ2v) is 9.60. The van der Waals surface area contributed by atoms with E-state index >= 15 is 0 Å². The van der Waals surface area contributed by atoms with Crippen molar-refractivity contribution in [1.82, 2.24) is 31.9 Å². The van der Waals surface area contributed by atoms with Gasteiger partial charge in [0.2, 0.25) is 0 Å². The van der Waals surface area contributed by atoms with Crippen LogP contribution in [-0.4, -0.2) is 19.6 Å². The molecule has 0 aliphatic rings. The Morgan fingerprint density at radius 1 is 0.345 bits per heavy atom. The molecule has 0 aliphatic heterocycles. The van der Waals surface area contributed by atoms with Crippen molar-refractivity contribution in [2.75, 3.05) is 0 Å². The van der Waals surface area contributed by atoms with Crippen LogP contribution < -0.4 is 12.3 Å². The van der Waals surface area contributed by atoms with Gasteiger partial charge in [0.05, 0.1) is 45.5 Å². The van der Waals surface area contributed by atoms with Crippen LogP contribution in [0.2, 0.25) is 0 Å². The smallest absolute Gasteiger partial charge is 0.130 e. The molecule has 10 heteroatoms. The van der Waals surface area contributed by atoms with E-state index in [0.717, 1.165) is 56.9 Å². The lowest BCUT2D eigenvalue weighted by molar-refractivity contribution is 0.833. The first-order valence-electron chi connectivity index (χ1n) is 19.7. The fraction of sp³-hybridized carbons (Fsp3) is 0.375. The fourth-order valence-electron chi connectivity index (χ4n) is 4.40. The van der Waals surface area contributed by atoms with Crippen LogP contribution >= 0.6 is 0 Å². The van der Waals surface area contributed by atoms with Crippen LogP contribution in [0.5, 0.6) is 0 Å². The summed E-state index contributed by atoms with van der Waals surface area (Å²) in [5.41, 5.74) is 9.08. The molecular formula is C48H82N10. The zero-order chi connectivity index (χ0) is 41.3. The Balaban J connectivity index is -0.000000176. The van der Waals surface area contributed by atoms with E-state index < -0.39 is 0 Å². The Kier molecular flexibility index (Phi) is 45.5. The number of benzene rings is 4. The zero-order valence-electron chi connectivity index (χ0n) is 37.5. The van der Waals surface area contributed by atoms with Gasteiger partial charge in [-0.3, -0.25) is 0 Å². The fourth-order valence-corrected chi connectivity index (χ4v) is 4.40. The minimum Gasteiger partial charge on any atom is -0.344 e. The SMILES string of the molecule is C.C.CC.CC.CC.CC.CC.CC.Cc1nn(-c2ccccc2)c(C)c1N=Nc1ccccc1.Cc1nn(-c2ccccc2)c(C)c1N=Nc1ccccc1.N.N. The van der Waals surface area contributed by atoms with Crippen LogP contribution in [0.1, 0.15) is 121 Å². The van der Waals surface area contributed by atoms with Crippen molar-refractivity contribution in [3.05, 3.63) is 144 Å². The van der Waals surface area contributed by atoms with Crippen molar-refractivity contribution >= 4 is 22.7 Å². The molecule has 0 bridgehead atoms. The summed E-state index contributed by atoms with van der Waals surface area (Å²) in [5, 5.41) is 26.4. The number of rotatable bonds is 6. The molecule has 6 aromatic rings. The second-order valence-electron chi connectivity index (χ2n) is 9.60. The molecule has 0 aliphatic carbocycles. The lowest BCUT2D eigenvalue weighted by Crippen LogP contribution is -1.98. The van der Waals surface area contributed by atoms with Crippen molar-refractivity contribution in [2.24, 2.45) is 20.5 Å². The Bertz CT molecular complexity index is 1660. The maximum absolute atomic E-state index is 4.56. The van der Waals surface area contributed by atoms with E-state index in [1.54, 1.807) is 0 Å². The van der Waals surface area contributed by atoms with E-state index in [1.165, 1.54) is 0 Å². The summed E-state index contributed by atoms with van der Waals surface area (Å²) in [7, 11) is 0. The third-order valence-electron chi connectivity index (χ3n) is 6.55. The highest BCUT2D eigenvalue weighted by Gasteiger charge is 2.13. The van der Waals surface area contributed by atoms with Crippen molar-refractivity contribution < 1.29 is 0 Å². The molecule has 0 spiro atoms. The number of azo groups is 2. The molecule has 2 heterocycles. The average molecular weight is 799 g/mol. The van der Waals surface area contributed by atoms with Crippen LogP contribution in [0.15, 0.2) is 142 Å². The van der Waals surface area contributed by atoms with E-state index in [-0.39, 0.29) is 27.2 Å². The van der Waals surface area contributed by atoms with E-state index in [0.29, 0.717) is 0 Å². The Hall–Kier alpha value is -5.58. The molecule has 6 rings (SSSR count). The quantitative estimate of drug-likeness (QED) is 0.161. The minimum absolute atomic E-state index is 0. The van der Waals surface area contributed by atoms with Crippen LogP contribution in [0, 0.1) is 27.7 Å². The molecule has 4 aromatic carbocycles. The van der Waals surface area contributed by atoms with E-state index in [9.17, 15) is 0 Å². The lowest BCUT2D eigenvalue weighted by Gasteiger charge is -2.03. The van der Waals surface area contributed by atoms with Gasteiger partial charge in [-0.25, -0.2) is 9.36 Å². The highest BCUT2D eigenvalue weighted by atomic mass is 15.3. The number of hydrogen-bond acceptors (Lipinski definition) is 8. The lowest BCUT2D eigenvalue weighted by atomic mass is 10.3. The van der Waals surface area contributed by atoms with Crippen molar-refractivity contribution in [1.29, 1.82) is 0 Å². The Morgan fingerprint density at radius 2 is 0.569 bits per heavy atom. The van der Waals surface area contributed by atoms with Gasteiger partial charge in [-0.15, -0.1) is 10.2 Å². The molecule has 324 valence electrons. The summed E-state index contributed by atoms with van der Waals surface area (Å²) >= 11 is 0. The second kappa shape index (κ2) is 41.1. The summed E-state index contributed by atoms with van der Waals surface area (Å²) in [5.74, 6) is 0. The third-order valence-corrected chi connectivity index (χ3v) is 6.55. The first-order valence-corrected chi connectivity index (χ1v) is 19.7. The topological polar surface area (TPSA) is 155 Å². The van der Waals surface area contributed by atoms with Gasteiger partial charge in [0.1, 0.15) is 11.4 Å². The molecule has 0 saturated heterocycles. The first kappa shape index (κ1) is 64.3. The molecule has 0 atom stereocenters. The summed E-state index contributed by atoms with van der Waals surface area (Å²) in [6.07, 6.45) is 0. The van der Waals surface area contributed by atoms with Crippen LogP contribution in [0.4, 0.5) is 22.7 Å². The molecule has 2 aromatic heterocycles. The monoisotopic (exact) mass is 799 g/mol. The van der Waals surface area contributed by atoms with Gasteiger partial charge >= 0.3 is 0 Å². The minimum atomic E-state index is 0. The average Bonchev–Trinajstić information content (AvgIpc) is 3.73. The normalized spacial score (nSPS) is 8.69. The molecule has 0 unspecified atom stereocenters. The summed E-state index contributed by atoms with van der Waals surface area (Å²) in [6, 6.07) is 39.5. The van der Waals surface area contributed by atoms with Crippen LogP contribution in [0.3, 0.4) is 0 Å². The summed E-state index contributed by atoms with van der Waals surface area (Å²) in [6.45, 7) is 31.9. The largest absolute Gasteiger partial charge is 0.344 e. The Labute approximate surface area is 355 Å². The standard InChI is InChI=1S/2C17H16N4.6C2H6.2CH4.2H3N/c2*1-13-17(19-18-15-9-5-3-6-10-15)14(2)21(20-13)16-11-7-4-8-12-16;6*1-2;;;;/h2*3-12H,1-2H3;6*1-2H3;2*1H4;2*1H3. The highest BCUT2D eigenvalue weighted by molar-refractivity contribution is 5.51. The molecule has 0 fully saturated rings. The summed E-state index contributed by atoms with van der Waals surface area (Å²) in [4.78, 5) is 0. The molecule has 0 amide bonds. The van der Waals surface area contributed by atoms with Crippen LogP contribution in [0.25, 0.3) is 11.4 Å². The van der Waals surface area contributed by atoms with Gasteiger partial charge in [0.25, 0.3) is 0 Å². The first-order chi connectivity index (χ1) is 26.5. The highest BCUT2D eigenvalue weighted by Crippen LogP contribution is 2.28. The molecule has 58 heavy (non-hydrogen) atoms. The predicted octanol–water partition coefficient (Wildman–Crippen LogP) is 17.6. The van der Waals surface area contributed by atoms with E-state index in [4.69, 9.17) is 0 Å². The predicted molar refractivity (Wildman–Crippen MR) is 259 cm³/mol. The zero-order valence-corrected chi connectivity index (χ0v) is 37.5. The van der Waals surface area contributed by atoms with E-state index in [2.05, 4.69) is 30.7 Å². The van der Waals surface area contributed by atoms with E-state index in [1.807, 2.05) is 241 Å². The summed E-state index contributed by atoms with van der Waals surface area (Å²) < 4.78 is 3.80. The number of nitrogens with zero attached hydrogens (tertiary/aromatic N) is 8. The molecular weight excluding hydrogens is 717 g/mol. The van der Waals surface area contributed by atoms with Crippen molar-refractivity contribution in [3.8, 4) is 11.4 Å². The third kappa shape index (κ3) is 21.1. The van der Waals surface area contributed by atoms with Gasteiger partial charge in [-0.05, 0) is 76.2 Å². The maximum atomic E-state index is 4.56. The van der Waals surface area contributed by atoms with Crippen LogP contribution in [-0.2, 0) is 0 Å². The van der Waals surface area contributed by atoms with Gasteiger partial charge in [-0.2, -0.15) is 20.4 Å². The Morgan fingerprint density at radius 3 is 0.810 bits per heavy atom. The van der Waals surface area contributed by atoms with Gasteiger partial charge < -0.3 is 12.3 Å². The number of para-hydroxylation sites is 2. The van der Waals surface area contributed by atoms with Crippen molar-refractivity contribution in [3.63, 3.8) is 0 Å². The molecule has 10 nitrogen and oxygen atoms in total. The van der Waals surface area contributed by atoms with Gasteiger partial charge in [0.15, 0.2) is 0 Å². The molecule has 6 N–H and O–H groups in total.